The number of morpholine rings is 1. The van der Waals surface area contributed by atoms with Crippen molar-refractivity contribution in [2.45, 2.75) is 50.1 Å². The molecule has 172 valence electrons. The van der Waals surface area contributed by atoms with Gasteiger partial charge in [0.05, 0.1) is 13.2 Å². The van der Waals surface area contributed by atoms with Crippen LogP contribution in [0.5, 0.6) is 0 Å². The minimum Gasteiger partial charge on any atom is -0.480 e. The van der Waals surface area contributed by atoms with Crippen molar-refractivity contribution in [1.29, 1.82) is 0 Å². The number of amides is 3. The van der Waals surface area contributed by atoms with Gasteiger partial charge in [0, 0.05) is 36.6 Å². The van der Waals surface area contributed by atoms with Crippen LogP contribution in [0.15, 0.2) is 30.5 Å². The molecule has 9 heteroatoms. The van der Waals surface area contributed by atoms with E-state index in [2.05, 4.69) is 15.6 Å². The largest absolute Gasteiger partial charge is 0.480 e. The number of carboxylic acid groups (broad SMARTS) is 1. The average Bonchev–Trinajstić information content (AvgIpc) is 3.22. The molecule has 0 bridgehead atoms. The van der Waals surface area contributed by atoms with Gasteiger partial charge in [0.1, 0.15) is 11.6 Å². The van der Waals surface area contributed by atoms with E-state index in [1.54, 1.807) is 11.1 Å². The van der Waals surface area contributed by atoms with E-state index in [1.165, 1.54) is 0 Å². The molecule has 1 atom stereocenters. The van der Waals surface area contributed by atoms with Gasteiger partial charge in [-0.15, -0.1) is 0 Å². The van der Waals surface area contributed by atoms with E-state index >= 15 is 0 Å². The number of hydrogen-bond donors (Lipinski definition) is 4. The van der Waals surface area contributed by atoms with Crippen molar-refractivity contribution in [1.82, 2.24) is 20.5 Å². The number of aliphatic carboxylic acids is 1. The molecule has 1 aliphatic carbocycles. The lowest BCUT2D eigenvalue weighted by Crippen LogP contribution is -2.64. The molecule has 2 heterocycles. The van der Waals surface area contributed by atoms with E-state index in [0.717, 1.165) is 35.7 Å². The van der Waals surface area contributed by atoms with E-state index in [4.69, 9.17) is 4.74 Å². The predicted octanol–water partition coefficient (Wildman–Crippen LogP) is 2.02. The fourth-order valence-corrected chi connectivity index (χ4v) is 4.63. The second-order valence-corrected chi connectivity index (χ2v) is 8.60. The van der Waals surface area contributed by atoms with Crippen molar-refractivity contribution in [2.24, 2.45) is 0 Å². The third-order valence-corrected chi connectivity index (χ3v) is 6.49. The number of rotatable bonds is 6. The third-order valence-electron chi connectivity index (χ3n) is 6.49. The summed E-state index contributed by atoms with van der Waals surface area (Å²) >= 11 is 0. The number of nitrogens with zero attached hydrogens (tertiary/aromatic N) is 1. The first kappa shape index (κ1) is 22.1. The topological polar surface area (TPSA) is 124 Å². The quantitative estimate of drug-likeness (QED) is 0.545. The molecule has 3 amide bonds. The fraction of sp³-hybridized carbons (Fsp3) is 0.522. The normalized spacial score (nSPS) is 19.3. The Bertz CT molecular complexity index is 976. The van der Waals surface area contributed by atoms with Crippen LogP contribution in [0.1, 0.15) is 37.7 Å². The summed E-state index contributed by atoms with van der Waals surface area (Å²) in [5.41, 5.74) is 0.643. The van der Waals surface area contributed by atoms with E-state index < -0.39 is 23.5 Å². The zero-order valence-corrected chi connectivity index (χ0v) is 18.1. The van der Waals surface area contributed by atoms with Crippen LogP contribution in [0.25, 0.3) is 10.9 Å². The standard InChI is InChI=1S/C23H30N4O5/c28-20(29)19(14-16-15-24-18-7-3-2-6-17(16)18)25-21(30)23(8-4-1-5-9-23)26-22(31)27-10-12-32-13-11-27/h2-3,6-7,15,19,24H,1,4-5,8-14H2,(H,25,30)(H,26,31)(H,28,29)/t19-/m0/s1. The Kier molecular flexibility index (Phi) is 6.64. The zero-order valence-electron chi connectivity index (χ0n) is 18.1. The third kappa shape index (κ3) is 4.72. The van der Waals surface area contributed by atoms with Crippen LogP contribution >= 0.6 is 0 Å². The maximum Gasteiger partial charge on any atom is 0.326 e. The van der Waals surface area contributed by atoms with Crippen LogP contribution in [0.3, 0.4) is 0 Å². The fourth-order valence-electron chi connectivity index (χ4n) is 4.63. The van der Waals surface area contributed by atoms with Crippen LogP contribution in [-0.2, 0) is 20.7 Å². The van der Waals surface area contributed by atoms with Gasteiger partial charge in [0.25, 0.3) is 0 Å². The summed E-state index contributed by atoms with van der Waals surface area (Å²) in [6, 6.07) is 6.25. The highest BCUT2D eigenvalue weighted by molar-refractivity contribution is 5.94. The Morgan fingerprint density at radius 2 is 1.84 bits per heavy atom. The van der Waals surface area contributed by atoms with Gasteiger partial charge in [0.2, 0.25) is 5.91 Å². The maximum atomic E-state index is 13.4. The highest BCUT2D eigenvalue weighted by Gasteiger charge is 2.43. The number of aromatic amines is 1. The van der Waals surface area contributed by atoms with E-state index in [0.29, 0.717) is 39.1 Å². The molecule has 1 aromatic carbocycles. The summed E-state index contributed by atoms with van der Waals surface area (Å²) in [5, 5.41) is 16.4. The molecule has 4 rings (SSSR count). The van der Waals surface area contributed by atoms with Gasteiger partial charge in [-0.3, -0.25) is 4.79 Å². The van der Waals surface area contributed by atoms with Crippen LogP contribution in [0.2, 0.25) is 0 Å². The molecule has 1 aromatic heterocycles. The average molecular weight is 443 g/mol. The van der Waals surface area contributed by atoms with Crippen molar-refractivity contribution in [3.8, 4) is 0 Å². The molecule has 4 N–H and O–H groups in total. The molecular weight excluding hydrogens is 412 g/mol. The molecule has 32 heavy (non-hydrogen) atoms. The first-order chi connectivity index (χ1) is 15.5. The van der Waals surface area contributed by atoms with Gasteiger partial charge in [-0.2, -0.15) is 0 Å². The molecule has 0 spiro atoms. The van der Waals surface area contributed by atoms with Gasteiger partial charge >= 0.3 is 12.0 Å². The monoisotopic (exact) mass is 442 g/mol. The molecule has 1 saturated heterocycles. The lowest BCUT2D eigenvalue weighted by atomic mass is 9.80. The number of hydrogen-bond acceptors (Lipinski definition) is 4. The van der Waals surface area contributed by atoms with Crippen LogP contribution in [0.4, 0.5) is 4.79 Å². The number of urea groups is 1. The van der Waals surface area contributed by atoms with Crippen LogP contribution < -0.4 is 10.6 Å². The Morgan fingerprint density at radius 1 is 1.12 bits per heavy atom. The molecule has 0 unspecified atom stereocenters. The van der Waals surface area contributed by atoms with Gasteiger partial charge in [-0.1, -0.05) is 37.5 Å². The molecule has 2 aliphatic rings. The second-order valence-electron chi connectivity index (χ2n) is 8.60. The summed E-state index contributed by atoms with van der Waals surface area (Å²) in [6.45, 7) is 1.89. The molecule has 1 saturated carbocycles. The first-order valence-electron chi connectivity index (χ1n) is 11.2. The molecular formula is C23H30N4O5. The number of nitrogens with one attached hydrogen (secondary N) is 3. The summed E-state index contributed by atoms with van der Waals surface area (Å²) in [6.07, 6.45) is 5.51. The van der Waals surface area contributed by atoms with Crippen LogP contribution in [-0.4, -0.2) is 70.8 Å². The van der Waals surface area contributed by atoms with Gasteiger partial charge < -0.3 is 30.4 Å². The van der Waals surface area contributed by atoms with Gasteiger partial charge in [0.15, 0.2) is 0 Å². The van der Waals surface area contributed by atoms with Gasteiger partial charge in [-0.05, 0) is 24.5 Å². The minimum absolute atomic E-state index is 0.151. The number of para-hydroxylation sites is 1. The minimum atomic E-state index is -1.10. The predicted molar refractivity (Wildman–Crippen MR) is 118 cm³/mol. The summed E-state index contributed by atoms with van der Waals surface area (Å²) < 4.78 is 5.30. The van der Waals surface area contributed by atoms with E-state index in [9.17, 15) is 19.5 Å². The van der Waals surface area contributed by atoms with Crippen molar-refractivity contribution >= 4 is 28.8 Å². The number of aromatic nitrogens is 1. The van der Waals surface area contributed by atoms with Crippen molar-refractivity contribution in [3.63, 3.8) is 0 Å². The second kappa shape index (κ2) is 9.60. The number of ether oxygens (including phenoxy) is 1. The number of fused-ring (bicyclic) bond motifs is 1. The molecule has 2 aromatic rings. The zero-order chi connectivity index (χ0) is 22.6. The van der Waals surface area contributed by atoms with E-state index in [-0.39, 0.29) is 12.5 Å². The number of carbonyl (C=O) groups excluding carboxylic acids is 2. The molecule has 0 radical (unpaired) electrons. The smallest absolute Gasteiger partial charge is 0.326 e. The Hall–Kier alpha value is -3.07. The Labute approximate surface area is 186 Å². The van der Waals surface area contributed by atoms with Crippen molar-refractivity contribution < 1.29 is 24.2 Å². The van der Waals surface area contributed by atoms with Crippen molar-refractivity contribution in [2.75, 3.05) is 26.3 Å². The number of carbonyl (C=O) groups is 3. The van der Waals surface area contributed by atoms with Gasteiger partial charge in [-0.25, -0.2) is 9.59 Å². The number of benzene rings is 1. The lowest BCUT2D eigenvalue weighted by Gasteiger charge is -2.39. The highest BCUT2D eigenvalue weighted by Crippen LogP contribution is 2.29. The SMILES string of the molecule is O=C(O)[C@H](Cc1c[nH]c2ccccc12)NC(=O)C1(NC(=O)N2CCOCC2)CCCCC1. The van der Waals surface area contributed by atoms with Crippen LogP contribution in [0, 0.1) is 0 Å². The lowest BCUT2D eigenvalue weighted by molar-refractivity contribution is -0.143. The molecule has 9 nitrogen and oxygen atoms in total. The molecule has 1 aliphatic heterocycles. The highest BCUT2D eigenvalue weighted by atomic mass is 16.5. The Morgan fingerprint density at radius 3 is 2.56 bits per heavy atom. The van der Waals surface area contributed by atoms with E-state index in [1.807, 2.05) is 24.3 Å². The summed E-state index contributed by atoms with van der Waals surface area (Å²) in [5.74, 6) is -1.53. The number of carboxylic acids is 1. The summed E-state index contributed by atoms with van der Waals surface area (Å²) in [4.78, 5) is 43.1. The summed E-state index contributed by atoms with van der Waals surface area (Å²) in [7, 11) is 0. The maximum absolute atomic E-state index is 13.4. The van der Waals surface area contributed by atoms with Crippen molar-refractivity contribution in [3.05, 3.63) is 36.0 Å². The molecule has 2 fully saturated rings. The first-order valence-corrected chi connectivity index (χ1v) is 11.2. The Balaban J connectivity index is 1.50. The number of H-pyrrole nitrogens is 1.